The van der Waals surface area contributed by atoms with Crippen LogP contribution in [0.25, 0.3) is 0 Å². The summed E-state index contributed by atoms with van der Waals surface area (Å²) in [6, 6.07) is 3.08. The van der Waals surface area contributed by atoms with Crippen LogP contribution in [-0.4, -0.2) is 16.1 Å². The largest absolute Gasteiger partial charge is 0.478 e. The van der Waals surface area contributed by atoms with Gasteiger partial charge in [0, 0.05) is 12.4 Å². The van der Waals surface area contributed by atoms with Crippen LogP contribution < -0.4 is 4.91 Å². The summed E-state index contributed by atoms with van der Waals surface area (Å²) in [6.45, 7) is 0. The van der Waals surface area contributed by atoms with Gasteiger partial charge in [-0.3, -0.25) is 4.98 Å². The van der Waals surface area contributed by atoms with Crippen molar-refractivity contribution in [2.75, 3.05) is 0 Å². The highest BCUT2D eigenvalue weighted by atomic mass is 16.4. The number of nitrogens with zero attached hydrogens (tertiary/aromatic N) is 2. The maximum atomic E-state index is 10.2. The van der Waals surface area contributed by atoms with Crippen molar-refractivity contribution in [2.24, 2.45) is 0 Å². The second-order valence-corrected chi connectivity index (χ2v) is 1.66. The number of aromatic carboxylic acids is 1. The van der Waals surface area contributed by atoms with Gasteiger partial charge in [0.25, 0.3) is 0 Å². The Labute approximate surface area is 67.9 Å². The van der Waals surface area contributed by atoms with Crippen molar-refractivity contribution in [3.05, 3.63) is 30.1 Å². The average molecular weight is 167 g/mol. The van der Waals surface area contributed by atoms with Crippen LogP contribution in [0.2, 0.25) is 0 Å². The fourth-order valence-corrected chi connectivity index (χ4v) is 0.489. The van der Waals surface area contributed by atoms with Crippen molar-refractivity contribution < 1.29 is 9.90 Å². The molecule has 0 spiro atoms. The zero-order valence-corrected chi connectivity index (χ0v) is 6.06. The van der Waals surface area contributed by atoms with Gasteiger partial charge < -0.3 is 5.11 Å². The summed E-state index contributed by atoms with van der Waals surface area (Å²) in [7, 11) is 0. The van der Waals surface area contributed by atoms with Gasteiger partial charge in [0.1, 0.15) is 11.1 Å². The van der Waals surface area contributed by atoms with Gasteiger partial charge in [-0.25, -0.2) is 4.79 Å². The van der Waals surface area contributed by atoms with Crippen LogP contribution in [0.3, 0.4) is 0 Å². The van der Waals surface area contributed by atoms with Gasteiger partial charge >= 0.3 is 5.97 Å². The Kier molecular flexibility index (Phi) is 4.71. The number of nitrogens with one attached hydrogen (secondary N) is 2. The maximum Gasteiger partial charge on any atom is 0.337 e. The van der Waals surface area contributed by atoms with E-state index in [2.05, 4.69) is 4.98 Å². The Morgan fingerprint density at radius 2 is 2.17 bits per heavy atom. The molecule has 0 fully saturated rings. The first-order valence-electron chi connectivity index (χ1n) is 2.89. The van der Waals surface area contributed by atoms with Gasteiger partial charge in [0.05, 0.1) is 5.56 Å². The summed E-state index contributed by atoms with van der Waals surface area (Å²) >= 11 is 0. The quantitative estimate of drug-likeness (QED) is 0.426. The van der Waals surface area contributed by atoms with Gasteiger partial charge in [0.15, 0.2) is 0 Å². The first kappa shape index (κ1) is 9.93. The first-order chi connectivity index (χ1) is 5.72. The van der Waals surface area contributed by atoms with E-state index in [1.807, 2.05) is 4.91 Å². The molecule has 0 amide bonds. The fourth-order valence-electron chi connectivity index (χ4n) is 0.489. The Morgan fingerprint density at radius 1 is 1.58 bits per heavy atom. The summed E-state index contributed by atoms with van der Waals surface area (Å²) in [5.74, 6) is -0.942. The second-order valence-electron chi connectivity index (χ2n) is 1.66. The fraction of sp³-hybridized carbons (Fsp3) is 0. The third-order valence-electron chi connectivity index (χ3n) is 0.908. The van der Waals surface area contributed by atoms with E-state index in [9.17, 15) is 4.79 Å². The highest BCUT2D eigenvalue weighted by Crippen LogP contribution is 1.92. The molecular formula is C6H7N4O2+. The summed E-state index contributed by atoms with van der Waals surface area (Å²) in [4.78, 5) is 15.8. The monoisotopic (exact) mass is 167 g/mol. The highest BCUT2D eigenvalue weighted by molar-refractivity contribution is 5.86. The topological polar surface area (TPSA) is 112 Å². The normalized spacial score (nSPS) is 7.33. The third kappa shape index (κ3) is 3.86. The average Bonchev–Trinajstić information content (AvgIpc) is 2.07. The van der Waals surface area contributed by atoms with E-state index in [0.717, 1.165) is 0 Å². The zero-order valence-electron chi connectivity index (χ0n) is 6.06. The van der Waals surface area contributed by atoms with Gasteiger partial charge in [0.2, 0.25) is 4.91 Å². The number of pyridine rings is 1. The minimum Gasteiger partial charge on any atom is -0.478 e. The van der Waals surface area contributed by atoms with Crippen LogP contribution in [0.1, 0.15) is 10.4 Å². The highest BCUT2D eigenvalue weighted by Gasteiger charge is 1.97. The van der Waals surface area contributed by atoms with E-state index in [0.29, 0.717) is 0 Å². The van der Waals surface area contributed by atoms with Crippen LogP contribution >= 0.6 is 0 Å². The number of carboxylic acids is 1. The Bertz CT molecular complexity index is 279. The minimum atomic E-state index is -0.942. The lowest BCUT2D eigenvalue weighted by molar-refractivity contribution is 0.0696. The number of hydrogen-bond donors (Lipinski definition) is 3. The van der Waals surface area contributed by atoms with Gasteiger partial charge in [-0.1, -0.05) is 0 Å². The third-order valence-corrected chi connectivity index (χ3v) is 0.908. The number of rotatable bonds is 1. The molecule has 0 saturated carbocycles. The van der Waals surface area contributed by atoms with Crippen LogP contribution in [0.15, 0.2) is 24.5 Å². The number of hydrogen-bond acceptors (Lipinski definition) is 4. The van der Waals surface area contributed by atoms with Crippen molar-refractivity contribution in [3.63, 3.8) is 0 Å². The summed E-state index contributed by atoms with van der Waals surface area (Å²) in [5.41, 5.74) is 11.2. The lowest BCUT2D eigenvalue weighted by Crippen LogP contribution is -1.94. The molecule has 0 aliphatic rings. The standard InChI is InChI=1S/C6H5NO2.H2N3/c8-6(9)5-2-1-3-7-4-5;1-3-2/h1-4H,(H,8,9);1-2H/q;+1. The molecule has 0 atom stereocenters. The molecular weight excluding hydrogens is 160 g/mol. The summed E-state index contributed by atoms with van der Waals surface area (Å²) in [5, 5.41) is 8.34. The number of aromatic nitrogens is 1. The summed E-state index contributed by atoms with van der Waals surface area (Å²) < 4.78 is 0. The van der Waals surface area contributed by atoms with Crippen molar-refractivity contribution in [1.29, 1.82) is 11.1 Å². The van der Waals surface area contributed by atoms with E-state index >= 15 is 0 Å². The van der Waals surface area contributed by atoms with Gasteiger partial charge in [-0.15, -0.1) is 0 Å². The van der Waals surface area contributed by atoms with Gasteiger partial charge in [-0.05, 0) is 12.1 Å². The molecule has 0 saturated heterocycles. The second kappa shape index (κ2) is 5.70. The SMILES string of the molecule is N=[N+]=N.O=C(O)c1cccnc1. The molecule has 1 rings (SSSR count). The van der Waals surface area contributed by atoms with Gasteiger partial charge in [-0.2, -0.15) is 0 Å². The van der Waals surface area contributed by atoms with E-state index < -0.39 is 5.97 Å². The molecule has 0 radical (unpaired) electrons. The molecule has 0 aromatic carbocycles. The molecule has 0 bridgehead atoms. The summed E-state index contributed by atoms with van der Waals surface area (Å²) in [6.07, 6.45) is 2.84. The molecule has 12 heavy (non-hydrogen) atoms. The Morgan fingerprint density at radius 3 is 2.42 bits per heavy atom. The maximum absolute atomic E-state index is 10.2. The van der Waals surface area contributed by atoms with Crippen LogP contribution in [0.4, 0.5) is 0 Å². The minimum absolute atomic E-state index is 0.220. The van der Waals surface area contributed by atoms with E-state index in [-0.39, 0.29) is 5.56 Å². The Hall–Kier alpha value is -2.07. The predicted octanol–water partition coefficient (Wildman–Crippen LogP) is 0.895. The van der Waals surface area contributed by atoms with E-state index in [1.165, 1.54) is 18.5 Å². The molecule has 1 heterocycles. The molecule has 1 aromatic rings. The van der Waals surface area contributed by atoms with Crippen LogP contribution in [-0.2, 0) is 0 Å². The predicted molar refractivity (Wildman–Crippen MR) is 38.8 cm³/mol. The molecule has 62 valence electrons. The van der Waals surface area contributed by atoms with Crippen LogP contribution in [0, 0.1) is 11.1 Å². The molecule has 6 nitrogen and oxygen atoms in total. The molecule has 0 aliphatic carbocycles. The Balaban J connectivity index is 0.000000354. The lowest BCUT2D eigenvalue weighted by atomic mass is 10.3. The smallest absolute Gasteiger partial charge is 0.337 e. The molecule has 0 aliphatic heterocycles. The first-order valence-corrected chi connectivity index (χ1v) is 2.89. The van der Waals surface area contributed by atoms with Crippen molar-refractivity contribution in [3.8, 4) is 0 Å². The molecule has 0 unspecified atom stereocenters. The van der Waals surface area contributed by atoms with E-state index in [4.69, 9.17) is 16.2 Å². The zero-order chi connectivity index (χ0) is 9.40. The number of carbonyl (C=O) groups is 1. The van der Waals surface area contributed by atoms with Crippen molar-refractivity contribution in [1.82, 2.24) is 9.90 Å². The lowest BCUT2D eigenvalue weighted by Gasteiger charge is -1.87. The number of carboxylic acid groups (broad SMARTS) is 1. The van der Waals surface area contributed by atoms with E-state index in [1.54, 1.807) is 6.07 Å². The molecule has 3 N–H and O–H groups in total. The van der Waals surface area contributed by atoms with Crippen molar-refractivity contribution >= 4 is 5.97 Å². The van der Waals surface area contributed by atoms with Crippen LogP contribution in [0.5, 0.6) is 0 Å². The van der Waals surface area contributed by atoms with Crippen molar-refractivity contribution in [2.45, 2.75) is 0 Å². The molecule has 6 heteroatoms. The molecule has 1 aromatic heterocycles.